The SMILES string of the molecule is CC(C)(C)c1ccc2c(c1)O[SiH2]O2.[NH3+]Cc1cccnc1. The highest BCUT2D eigenvalue weighted by Gasteiger charge is 2.19. The highest BCUT2D eigenvalue weighted by atomic mass is 28.3. The second-order valence-electron chi connectivity index (χ2n) is 5.93. The number of hydrogen-bond donors (Lipinski definition) is 1. The van der Waals surface area contributed by atoms with Crippen LogP contribution >= 0.6 is 0 Å². The van der Waals surface area contributed by atoms with Crippen LogP contribution in [-0.4, -0.2) is 15.0 Å². The van der Waals surface area contributed by atoms with E-state index in [0.717, 1.165) is 18.0 Å². The fraction of sp³-hybridized carbons (Fsp3) is 0.312. The Morgan fingerprint density at radius 1 is 1.14 bits per heavy atom. The van der Waals surface area contributed by atoms with Crippen LogP contribution < -0.4 is 14.6 Å². The number of aromatic nitrogens is 1. The molecule has 2 aromatic rings. The van der Waals surface area contributed by atoms with E-state index in [2.05, 4.69) is 43.6 Å². The smallest absolute Gasteiger partial charge is 0.427 e. The lowest BCUT2D eigenvalue weighted by Crippen LogP contribution is -2.47. The zero-order valence-corrected chi connectivity index (χ0v) is 14.3. The summed E-state index contributed by atoms with van der Waals surface area (Å²) in [5.41, 5.74) is 6.38. The van der Waals surface area contributed by atoms with Gasteiger partial charge in [-0.25, -0.2) is 0 Å². The Morgan fingerprint density at radius 3 is 2.48 bits per heavy atom. The molecule has 0 atom stereocenters. The van der Waals surface area contributed by atoms with Gasteiger partial charge in [-0.15, -0.1) is 0 Å². The topological polar surface area (TPSA) is 59.0 Å². The Kier molecular flexibility index (Phi) is 4.98. The predicted molar refractivity (Wildman–Crippen MR) is 85.8 cm³/mol. The van der Waals surface area contributed by atoms with Crippen LogP contribution in [0.3, 0.4) is 0 Å². The molecule has 0 amide bonds. The molecule has 0 unspecified atom stereocenters. The van der Waals surface area contributed by atoms with Gasteiger partial charge in [0.1, 0.15) is 18.0 Å². The van der Waals surface area contributed by atoms with E-state index in [0.29, 0.717) is 0 Å². The van der Waals surface area contributed by atoms with Crippen molar-refractivity contribution in [3.8, 4) is 11.5 Å². The molecule has 4 nitrogen and oxygen atoms in total. The summed E-state index contributed by atoms with van der Waals surface area (Å²) in [7, 11) is -0.770. The van der Waals surface area contributed by atoms with Crippen molar-refractivity contribution in [2.75, 3.05) is 0 Å². The first-order valence-electron chi connectivity index (χ1n) is 7.09. The maximum absolute atomic E-state index is 5.45. The molecule has 3 rings (SSSR count). The Bertz CT molecular complexity index is 583. The van der Waals surface area contributed by atoms with Crippen LogP contribution in [0, 0.1) is 0 Å². The number of nitrogens with zero attached hydrogens (tertiary/aromatic N) is 1. The van der Waals surface area contributed by atoms with Crippen LogP contribution in [0.15, 0.2) is 42.7 Å². The minimum Gasteiger partial charge on any atom is -0.513 e. The van der Waals surface area contributed by atoms with Crippen molar-refractivity contribution >= 4 is 10.0 Å². The van der Waals surface area contributed by atoms with Gasteiger partial charge < -0.3 is 14.6 Å². The highest BCUT2D eigenvalue weighted by Crippen LogP contribution is 2.35. The van der Waals surface area contributed by atoms with Gasteiger partial charge in [0.25, 0.3) is 0 Å². The van der Waals surface area contributed by atoms with Gasteiger partial charge in [0.05, 0.1) is 0 Å². The van der Waals surface area contributed by atoms with E-state index in [4.69, 9.17) is 8.85 Å². The van der Waals surface area contributed by atoms with Gasteiger partial charge in [0.2, 0.25) is 0 Å². The molecular formula is C16H23N2O2Si+. The molecule has 0 saturated heterocycles. The zero-order valence-electron chi connectivity index (χ0n) is 12.9. The molecule has 1 aliphatic heterocycles. The molecule has 0 fully saturated rings. The monoisotopic (exact) mass is 303 g/mol. The van der Waals surface area contributed by atoms with Crippen molar-refractivity contribution in [2.45, 2.75) is 32.7 Å². The van der Waals surface area contributed by atoms with Crippen LogP contribution in [0.1, 0.15) is 31.9 Å². The molecule has 3 N–H and O–H groups in total. The lowest BCUT2D eigenvalue weighted by Gasteiger charge is -2.19. The number of fused-ring (bicyclic) bond motifs is 1. The number of rotatable bonds is 1. The van der Waals surface area contributed by atoms with Crippen molar-refractivity contribution in [2.24, 2.45) is 0 Å². The molecule has 5 heteroatoms. The number of benzene rings is 1. The molecule has 0 aliphatic carbocycles. The molecule has 0 spiro atoms. The third kappa shape index (κ3) is 4.31. The second-order valence-corrected chi connectivity index (χ2v) is 6.74. The first-order valence-corrected chi connectivity index (χ1v) is 8.24. The maximum Gasteiger partial charge on any atom is 0.427 e. The van der Waals surface area contributed by atoms with E-state index in [1.54, 1.807) is 6.20 Å². The largest absolute Gasteiger partial charge is 0.513 e. The summed E-state index contributed by atoms with van der Waals surface area (Å²) in [6.07, 6.45) is 3.59. The van der Waals surface area contributed by atoms with E-state index in [9.17, 15) is 0 Å². The van der Waals surface area contributed by atoms with Gasteiger partial charge in [-0.3, -0.25) is 4.98 Å². The molecule has 0 saturated carbocycles. The van der Waals surface area contributed by atoms with Crippen LogP contribution in [0.25, 0.3) is 0 Å². The van der Waals surface area contributed by atoms with E-state index >= 15 is 0 Å². The quantitative estimate of drug-likeness (QED) is 0.814. The molecule has 21 heavy (non-hydrogen) atoms. The third-order valence-electron chi connectivity index (χ3n) is 3.25. The van der Waals surface area contributed by atoms with E-state index in [1.807, 2.05) is 24.4 Å². The van der Waals surface area contributed by atoms with Crippen molar-refractivity contribution in [3.63, 3.8) is 0 Å². The molecule has 112 valence electrons. The van der Waals surface area contributed by atoms with Gasteiger partial charge in [-0.1, -0.05) is 32.9 Å². The lowest BCUT2D eigenvalue weighted by atomic mass is 9.87. The summed E-state index contributed by atoms with van der Waals surface area (Å²) >= 11 is 0. The average Bonchev–Trinajstić information content (AvgIpc) is 2.95. The van der Waals surface area contributed by atoms with Gasteiger partial charge in [0, 0.05) is 18.0 Å². The Balaban J connectivity index is 0.000000173. The summed E-state index contributed by atoms with van der Waals surface area (Å²) in [5, 5.41) is 0. The molecule has 1 aromatic carbocycles. The summed E-state index contributed by atoms with van der Waals surface area (Å²) in [6.45, 7) is 7.42. The summed E-state index contributed by atoms with van der Waals surface area (Å²) in [4.78, 5) is 3.92. The van der Waals surface area contributed by atoms with Crippen molar-refractivity contribution in [1.82, 2.24) is 4.98 Å². The predicted octanol–water partition coefficient (Wildman–Crippen LogP) is 1.58. The number of quaternary nitrogens is 1. The first kappa shape index (κ1) is 15.5. The second kappa shape index (κ2) is 6.73. The fourth-order valence-corrected chi connectivity index (χ4v) is 2.69. The zero-order chi connectivity index (χ0) is 15.3. The molecule has 0 radical (unpaired) electrons. The number of hydrogen-bond acceptors (Lipinski definition) is 3. The normalized spacial score (nSPS) is 13.7. The summed E-state index contributed by atoms with van der Waals surface area (Å²) in [5.74, 6) is 1.85. The molecule has 0 bridgehead atoms. The maximum atomic E-state index is 5.45. The number of pyridine rings is 1. The van der Waals surface area contributed by atoms with Gasteiger partial charge >= 0.3 is 10.0 Å². The standard InChI is InChI=1S/C10H14O2Si.C6H8N2/c1-10(2,3)7-4-5-8-9(6-7)12-13-11-8;7-4-6-2-1-3-8-5-6/h4-6H,13H2,1-3H3;1-3,5H,4,7H2/p+1. The third-order valence-corrected chi connectivity index (χ3v) is 4.11. The van der Waals surface area contributed by atoms with E-state index < -0.39 is 10.0 Å². The molecule has 1 aromatic heterocycles. The molecular weight excluding hydrogens is 280 g/mol. The van der Waals surface area contributed by atoms with Crippen LogP contribution in [-0.2, 0) is 12.0 Å². The summed E-state index contributed by atoms with van der Waals surface area (Å²) in [6, 6.07) is 10.1. The minimum absolute atomic E-state index is 0.183. The molecule has 2 heterocycles. The van der Waals surface area contributed by atoms with Crippen molar-refractivity contribution < 1.29 is 14.6 Å². The Hall–Kier alpha value is -1.85. The summed E-state index contributed by atoms with van der Waals surface area (Å²) < 4.78 is 10.8. The van der Waals surface area contributed by atoms with Gasteiger partial charge in [-0.2, -0.15) is 0 Å². The lowest BCUT2D eigenvalue weighted by molar-refractivity contribution is -0.386. The molecule has 1 aliphatic rings. The minimum atomic E-state index is -0.770. The van der Waals surface area contributed by atoms with Gasteiger partial charge in [-0.05, 0) is 29.2 Å². The highest BCUT2D eigenvalue weighted by molar-refractivity contribution is 6.22. The van der Waals surface area contributed by atoms with E-state index in [1.165, 1.54) is 11.1 Å². The first-order chi connectivity index (χ1) is 10.0. The fourth-order valence-electron chi connectivity index (χ4n) is 1.91. The van der Waals surface area contributed by atoms with E-state index in [-0.39, 0.29) is 5.41 Å². The van der Waals surface area contributed by atoms with Gasteiger partial charge in [0.15, 0.2) is 0 Å². The Labute approximate surface area is 128 Å². The van der Waals surface area contributed by atoms with Crippen LogP contribution in [0.4, 0.5) is 0 Å². The van der Waals surface area contributed by atoms with Crippen LogP contribution in [0.5, 0.6) is 11.5 Å². The Morgan fingerprint density at radius 2 is 1.90 bits per heavy atom. The van der Waals surface area contributed by atoms with Crippen molar-refractivity contribution in [3.05, 3.63) is 53.9 Å². The van der Waals surface area contributed by atoms with Crippen LogP contribution in [0.2, 0.25) is 0 Å². The average molecular weight is 303 g/mol. The van der Waals surface area contributed by atoms with Crippen molar-refractivity contribution in [1.29, 1.82) is 0 Å².